The highest BCUT2D eigenvalue weighted by Crippen LogP contribution is 2.14. The second kappa shape index (κ2) is 59.4. The summed E-state index contributed by atoms with van der Waals surface area (Å²) in [6.45, 7) is 6.36. The average molecular weight is 998 g/mol. The van der Waals surface area contributed by atoms with Crippen LogP contribution in [0.1, 0.15) is 258 Å². The fraction of sp³-hybridized carbons (Fsp3) is 0.652. The van der Waals surface area contributed by atoms with Crippen LogP contribution >= 0.6 is 0 Å². The number of unbranched alkanes of at least 4 members (excludes halogenated alkanes) is 21. The normalized spacial score (nSPS) is 13.0. The van der Waals surface area contributed by atoms with Crippen molar-refractivity contribution in [3.8, 4) is 0 Å². The number of ether oxygens (including phenoxy) is 3. The maximum absolute atomic E-state index is 12.9. The molecule has 0 fully saturated rings. The molecule has 0 aromatic heterocycles. The van der Waals surface area contributed by atoms with Crippen LogP contribution in [0.15, 0.2) is 122 Å². The van der Waals surface area contributed by atoms with Crippen molar-refractivity contribution in [1.29, 1.82) is 0 Å². The van der Waals surface area contributed by atoms with Crippen molar-refractivity contribution in [2.24, 2.45) is 0 Å². The summed E-state index contributed by atoms with van der Waals surface area (Å²) in [5.41, 5.74) is 0. The molecule has 0 N–H and O–H groups in total. The largest absolute Gasteiger partial charge is 0.462 e. The number of esters is 3. The third-order valence-electron chi connectivity index (χ3n) is 12.2. The van der Waals surface area contributed by atoms with Gasteiger partial charge in [-0.05, 0) is 128 Å². The van der Waals surface area contributed by atoms with Crippen LogP contribution in [0.5, 0.6) is 0 Å². The van der Waals surface area contributed by atoms with E-state index in [2.05, 4.69) is 142 Å². The maximum Gasteiger partial charge on any atom is 0.306 e. The van der Waals surface area contributed by atoms with Gasteiger partial charge in [0, 0.05) is 19.3 Å². The Hall–Kier alpha value is -4.19. The Kier molecular flexibility index (Phi) is 55.9. The summed E-state index contributed by atoms with van der Waals surface area (Å²) >= 11 is 0. The highest BCUT2D eigenvalue weighted by molar-refractivity contribution is 5.71. The Morgan fingerprint density at radius 2 is 0.542 bits per heavy atom. The van der Waals surface area contributed by atoms with E-state index in [-0.39, 0.29) is 31.1 Å². The van der Waals surface area contributed by atoms with Crippen LogP contribution in [0.4, 0.5) is 0 Å². The molecule has 0 amide bonds. The molecule has 0 aliphatic carbocycles. The Bertz CT molecular complexity index is 1520. The van der Waals surface area contributed by atoms with E-state index in [1.807, 2.05) is 0 Å². The van der Waals surface area contributed by atoms with Gasteiger partial charge >= 0.3 is 17.9 Å². The van der Waals surface area contributed by atoms with Crippen LogP contribution in [0, 0.1) is 0 Å². The molecule has 0 saturated heterocycles. The minimum absolute atomic E-state index is 0.0937. The predicted molar refractivity (Wildman–Crippen MR) is 311 cm³/mol. The Balaban J connectivity index is 4.39. The first-order valence-electron chi connectivity index (χ1n) is 29.5. The molecule has 1 atom stereocenters. The van der Waals surface area contributed by atoms with Gasteiger partial charge in [0.2, 0.25) is 0 Å². The first kappa shape index (κ1) is 67.8. The zero-order chi connectivity index (χ0) is 52.2. The number of carbonyl (C=O) groups excluding carboxylic acids is 3. The zero-order valence-corrected chi connectivity index (χ0v) is 46.7. The molecule has 6 nitrogen and oxygen atoms in total. The number of hydrogen-bond donors (Lipinski definition) is 0. The monoisotopic (exact) mass is 997 g/mol. The van der Waals surface area contributed by atoms with E-state index in [9.17, 15) is 14.4 Å². The second-order valence-corrected chi connectivity index (χ2v) is 19.1. The van der Waals surface area contributed by atoms with E-state index in [1.54, 1.807) is 0 Å². The van der Waals surface area contributed by atoms with Crippen molar-refractivity contribution in [1.82, 2.24) is 0 Å². The Morgan fingerprint density at radius 1 is 0.292 bits per heavy atom. The lowest BCUT2D eigenvalue weighted by molar-refractivity contribution is -0.167. The smallest absolute Gasteiger partial charge is 0.306 e. The van der Waals surface area contributed by atoms with Crippen molar-refractivity contribution < 1.29 is 28.6 Å². The molecule has 0 spiro atoms. The van der Waals surface area contributed by atoms with Gasteiger partial charge < -0.3 is 14.2 Å². The maximum atomic E-state index is 12.9. The van der Waals surface area contributed by atoms with E-state index in [4.69, 9.17) is 14.2 Å². The van der Waals surface area contributed by atoms with Crippen molar-refractivity contribution in [3.63, 3.8) is 0 Å². The van der Waals surface area contributed by atoms with E-state index in [0.717, 1.165) is 148 Å². The summed E-state index contributed by atoms with van der Waals surface area (Å²) < 4.78 is 16.8. The van der Waals surface area contributed by atoms with Crippen molar-refractivity contribution in [2.75, 3.05) is 13.2 Å². The molecular weight excluding hydrogens is 889 g/mol. The van der Waals surface area contributed by atoms with Crippen molar-refractivity contribution in [2.45, 2.75) is 264 Å². The summed E-state index contributed by atoms with van der Waals surface area (Å²) in [7, 11) is 0. The van der Waals surface area contributed by atoms with Gasteiger partial charge in [0.25, 0.3) is 0 Å². The average Bonchev–Trinajstić information content (AvgIpc) is 3.38. The van der Waals surface area contributed by atoms with Gasteiger partial charge in [-0.25, -0.2) is 0 Å². The van der Waals surface area contributed by atoms with E-state index >= 15 is 0 Å². The van der Waals surface area contributed by atoms with Crippen LogP contribution in [-0.4, -0.2) is 37.2 Å². The molecule has 0 saturated carbocycles. The minimum Gasteiger partial charge on any atom is -0.462 e. The molecule has 0 rings (SSSR count). The van der Waals surface area contributed by atoms with Gasteiger partial charge in [0.05, 0.1) is 0 Å². The molecule has 0 aromatic carbocycles. The van der Waals surface area contributed by atoms with Crippen LogP contribution in [0.3, 0.4) is 0 Å². The fourth-order valence-corrected chi connectivity index (χ4v) is 7.81. The van der Waals surface area contributed by atoms with Gasteiger partial charge in [-0.3, -0.25) is 14.4 Å². The van der Waals surface area contributed by atoms with Gasteiger partial charge in [-0.15, -0.1) is 0 Å². The van der Waals surface area contributed by atoms with E-state index < -0.39 is 6.10 Å². The van der Waals surface area contributed by atoms with Crippen LogP contribution in [0.25, 0.3) is 0 Å². The number of carbonyl (C=O) groups is 3. The standard InChI is InChI=1S/C66H108O6/c1-4-7-10-13-16-19-22-25-27-29-30-31-32-33-34-35-36-38-39-41-44-47-50-53-56-59-65(68)71-62-63(61-70-64(67)58-55-52-49-46-43-24-21-18-15-12-9-6-3)72-66(69)60-57-54-51-48-45-42-40-37-28-26-23-20-17-14-11-8-5-2/h7-8,10-11,16-21,25-28,30-31,33-34,36,38,63H,4-6,9,12-15,22-24,29,32,35,37,39-62H2,1-3H3/b10-7-,11-8-,19-16-,20-17-,21-18-,27-25-,28-26-,31-30-,34-33-,38-36-. The molecular formula is C66H108O6. The van der Waals surface area contributed by atoms with Gasteiger partial charge in [-0.2, -0.15) is 0 Å². The van der Waals surface area contributed by atoms with Crippen LogP contribution in [-0.2, 0) is 28.6 Å². The summed E-state index contributed by atoms with van der Waals surface area (Å²) in [6, 6.07) is 0. The van der Waals surface area contributed by atoms with Crippen molar-refractivity contribution in [3.05, 3.63) is 122 Å². The molecule has 0 aliphatic heterocycles. The second-order valence-electron chi connectivity index (χ2n) is 19.1. The topological polar surface area (TPSA) is 78.9 Å². The lowest BCUT2D eigenvalue weighted by Gasteiger charge is -2.18. The fourth-order valence-electron chi connectivity index (χ4n) is 7.81. The third kappa shape index (κ3) is 56.7. The first-order chi connectivity index (χ1) is 35.5. The SMILES string of the molecule is CC/C=C\C/C=C\C/C=C\C/C=C\C/C=C\C/C=C\CCCCCCCCC(=O)OCC(COC(=O)CCCCCCC/C=C\CCCCC)OC(=O)CCCCCCCCC/C=C\C/C=C\C/C=C\CC. The number of hydrogen-bond acceptors (Lipinski definition) is 6. The molecule has 72 heavy (non-hydrogen) atoms. The summed E-state index contributed by atoms with van der Waals surface area (Å²) in [5, 5.41) is 0. The highest BCUT2D eigenvalue weighted by Gasteiger charge is 2.19. The summed E-state index contributed by atoms with van der Waals surface area (Å²) in [4.78, 5) is 38.2. The molecule has 6 heteroatoms. The van der Waals surface area contributed by atoms with Crippen LogP contribution < -0.4 is 0 Å². The van der Waals surface area contributed by atoms with Gasteiger partial charge in [0.15, 0.2) is 6.10 Å². The molecule has 0 heterocycles. The lowest BCUT2D eigenvalue weighted by atomic mass is 10.1. The molecule has 0 radical (unpaired) electrons. The molecule has 0 aliphatic rings. The van der Waals surface area contributed by atoms with E-state index in [1.165, 1.54) is 70.6 Å². The van der Waals surface area contributed by atoms with Gasteiger partial charge in [0.1, 0.15) is 13.2 Å². The quantitative estimate of drug-likeness (QED) is 0.0261. The molecule has 0 bridgehead atoms. The Labute approximate surface area is 443 Å². The van der Waals surface area contributed by atoms with Crippen LogP contribution in [0.2, 0.25) is 0 Å². The molecule has 408 valence electrons. The summed E-state index contributed by atoms with van der Waals surface area (Å²) in [6.07, 6.45) is 81.9. The van der Waals surface area contributed by atoms with E-state index in [0.29, 0.717) is 19.3 Å². The third-order valence-corrected chi connectivity index (χ3v) is 12.2. The predicted octanol–water partition coefficient (Wildman–Crippen LogP) is 20.0. The first-order valence-corrected chi connectivity index (χ1v) is 29.5. The minimum atomic E-state index is -0.797. The van der Waals surface area contributed by atoms with Gasteiger partial charge in [-0.1, -0.05) is 232 Å². The lowest BCUT2D eigenvalue weighted by Crippen LogP contribution is -2.30. The number of rotatable bonds is 52. The number of allylic oxidation sites excluding steroid dienone is 20. The molecule has 0 aromatic rings. The molecule has 1 unspecified atom stereocenters. The highest BCUT2D eigenvalue weighted by atomic mass is 16.6. The Morgan fingerprint density at radius 3 is 0.861 bits per heavy atom. The summed E-state index contributed by atoms with van der Waals surface area (Å²) in [5.74, 6) is -0.928. The zero-order valence-electron chi connectivity index (χ0n) is 46.7. The van der Waals surface area contributed by atoms with Crippen molar-refractivity contribution >= 4 is 17.9 Å².